The molecule has 0 amide bonds. The van der Waals surface area contributed by atoms with Crippen molar-refractivity contribution in [3.05, 3.63) is 51.5 Å². The van der Waals surface area contributed by atoms with Crippen molar-refractivity contribution in [1.29, 1.82) is 0 Å². The molecule has 0 fully saturated rings. The number of benzene rings is 1. The summed E-state index contributed by atoms with van der Waals surface area (Å²) in [7, 11) is 2.03. The van der Waals surface area contributed by atoms with E-state index in [9.17, 15) is 0 Å². The van der Waals surface area contributed by atoms with E-state index >= 15 is 0 Å². The van der Waals surface area contributed by atoms with Crippen LogP contribution in [0.2, 0.25) is 0 Å². The van der Waals surface area contributed by atoms with E-state index in [4.69, 9.17) is 0 Å². The molecule has 3 heteroatoms. The lowest BCUT2D eigenvalue weighted by Crippen LogP contribution is -2.19. The van der Waals surface area contributed by atoms with Gasteiger partial charge in [-0.3, -0.25) is 0 Å². The first kappa shape index (κ1) is 11.9. The molecule has 1 atom stereocenters. The predicted octanol–water partition coefficient (Wildman–Crippen LogP) is 3.14. The van der Waals surface area contributed by atoms with Gasteiger partial charge >= 0.3 is 0 Å². The van der Waals surface area contributed by atoms with Crippen LogP contribution >= 0.6 is 11.3 Å². The van der Waals surface area contributed by atoms with E-state index in [1.54, 1.807) is 22.5 Å². The lowest BCUT2D eigenvalue weighted by atomic mass is 9.99. The minimum Gasteiger partial charge on any atom is -0.313 e. The molecule has 1 aromatic heterocycles. The van der Waals surface area contributed by atoms with Crippen LogP contribution in [0, 0.1) is 0 Å². The summed E-state index contributed by atoms with van der Waals surface area (Å²) in [6.07, 6.45) is 6.68. The summed E-state index contributed by atoms with van der Waals surface area (Å²) in [5.74, 6) is 0. The largest absolute Gasteiger partial charge is 0.313 e. The second kappa shape index (κ2) is 5.21. The molecule has 1 heterocycles. The van der Waals surface area contributed by atoms with Gasteiger partial charge in [0, 0.05) is 24.0 Å². The number of nitrogens with zero attached hydrogens (tertiary/aromatic N) is 1. The van der Waals surface area contributed by atoms with Crippen LogP contribution in [0.5, 0.6) is 0 Å². The van der Waals surface area contributed by atoms with Gasteiger partial charge in [-0.2, -0.15) is 0 Å². The van der Waals surface area contributed by atoms with Gasteiger partial charge in [-0.05, 0) is 43.0 Å². The lowest BCUT2D eigenvalue weighted by Gasteiger charge is -2.16. The summed E-state index contributed by atoms with van der Waals surface area (Å²) >= 11 is 1.74. The topological polar surface area (TPSA) is 24.9 Å². The third-order valence-electron chi connectivity index (χ3n) is 3.74. The van der Waals surface area contributed by atoms with Crippen molar-refractivity contribution in [2.24, 2.45) is 0 Å². The molecule has 1 aromatic carbocycles. The highest BCUT2D eigenvalue weighted by Gasteiger charge is 2.16. The fourth-order valence-corrected chi connectivity index (χ4v) is 3.39. The molecule has 94 valence electrons. The number of thiazole rings is 1. The first-order chi connectivity index (χ1) is 8.86. The van der Waals surface area contributed by atoms with E-state index in [0.29, 0.717) is 6.04 Å². The van der Waals surface area contributed by atoms with Crippen molar-refractivity contribution in [1.82, 2.24) is 10.3 Å². The van der Waals surface area contributed by atoms with Gasteiger partial charge in [0.25, 0.3) is 0 Å². The zero-order valence-corrected chi connectivity index (χ0v) is 11.5. The van der Waals surface area contributed by atoms with Crippen LogP contribution in [0.25, 0.3) is 0 Å². The fourth-order valence-electron chi connectivity index (χ4n) is 2.72. The Bertz CT molecular complexity index is 519. The fraction of sp³-hybridized carbons (Fsp3) is 0.400. The van der Waals surface area contributed by atoms with Crippen molar-refractivity contribution < 1.29 is 0 Å². The molecule has 0 saturated carbocycles. The Kier molecular flexibility index (Phi) is 3.43. The Labute approximate surface area is 112 Å². The summed E-state index contributed by atoms with van der Waals surface area (Å²) in [6, 6.07) is 7.35. The number of likely N-dealkylation sites (N-methyl/N-ethyl adjacent to an activating group) is 1. The Hall–Kier alpha value is -1.19. The zero-order chi connectivity index (χ0) is 12.4. The number of rotatable bonds is 4. The SMILES string of the molecule is CNC(Cc1nccs1)c1ccc2c(c1)CCC2. The molecular formula is C15H18N2S. The Morgan fingerprint density at radius 3 is 3.00 bits per heavy atom. The van der Waals surface area contributed by atoms with E-state index in [0.717, 1.165) is 6.42 Å². The number of nitrogens with one attached hydrogen (secondary N) is 1. The maximum absolute atomic E-state index is 4.38. The van der Waals surface area contributed by atoms with Crippen LogP contribution in [0.3, 0.4) is 0 Å². The second-order valence-electron chi connectivity index (χ2n) is 4.85. The van der Waals surface area contributed by atoms with Gasteiger partial charge in [0.1, 0.15) is 0 Å². The van der Waals surface area contributed by atoms with Gasteiger partial charge < -0.3 is 5.32 Å². The van der Waals surface area contributed by atoms with Gasteiger partial charge in [-0.1, -0.05) is 18.2 Å². The van der Waals surface area contributed by atoms with E-state index in [-0.39, 0.29) is 0 Å². The van der Waals surface area contributed by atoms with E-state index in [1.807, 2.05) is 18.6 Å². The van der Waals surface area contributed by atoms with Crippen LogP contribution in [0.4, 0.5) is 0 Å². The van der Waals surface area contributed by atoms with E-state index in [2.05, 4.69) is 28.5 Å². The molecule has 1 aliphatic carbocycles. The Balaban J connectivity index is 1.83. The zero-order valence-electron chi connectivity index (χ0n) is 10.6. The van der Waals surface area contributed by atoms with Crippen molar-refractivity contribution in [3.8, 4) is 0 Å². The van der Waals surface area contributed by atoms with Gasteiger partial charge in [0.2, 0.25) is 0 Å². The minimum atomic E-state index is 0.377. The van der Waals surface area contributed by atoms with Crippen LogP contribution in [-0.2, 0) is 19.3 Å². The van der Waals surface area contributed by atoms with Crippen LogP contribution in [0.1, 0.15) is 34.2 Å². The van der Waals surface area contributed by atoms with Gasteiger partial charge in [0.05, 0.1) is 5.01 Å². The summed E-state index contributed by atoms with van der Waals surface area (Å²) < 4.78 is 0. The highest BCUT2D eigenvalue weighted by molar-refractivity contribution is 7.09. The third kappa shape index (κ3) is 2.33. The summed E-state index contributed by atoms with van der Waals surface area (Å²) in [4.78, 5) is 4.38. The first-order valence-electron chi connectivity index (χ1n) is 6.54. The molecule has 0 aliphatic heterocycles. The lowest BCUT2D eigenvalue weighted by molar-refractivity contribution is 0.590. The molecule has 0 radical (unpaired) electrons. The molecule has 0 spiro atoms. The van der Waals surface area contributed by atoms with Crippen LogP contribution in [-0.4, -0.2) is 12.0 Å². The third-order valence-corrected chi connectivity index (χ3v) is 4.54. The standard InChI is InChI=1S/C15H18N2S/c1-16-14(10-15-17-7-8-18-15)13-6-5-11-3-2-4-12(11)9-13/h5-9,14,16H,2-4,10H2,1H3. The summed E-state index contributed by atoms with van der Waals surface area (Å²) in [6.45, 7) is 0. The maximum atomic E-state index is 4.38. The summed E-state index contributed by atoms with van der Waals surface area (Å²) in [5.41, 5.74) is 4.49. The number of fused-ring (bicyclic) bond motifs is 1. The quantitative estimate of drug-likeness (QED) is 0.911. The van der Waals surface area contributed by atoms with Crippen molar-refractivity contribution >= 4 is 11.3 Å². The van der Waals surface area contributed by atoms with E-state index < -0.39 is 0 Å². The summed E-state index contributed by atoms with van der Waals surface area (Å²) in [5, 5.41) is 6.66. The molecule has 1 aliphatic rings. The van der Waals surface area contributed by atoms with Gasteiger partial charge in [-0.15, -0.1) is 11.3 Å². The Morgan fingerprint density at radius 2 is 2.22 bits per heavy atom. The molecule has 1 N–H and O–H groups in total. The average molecular weight is 258 g/mol. The smallest absolute Gasteiger partial charge is 0.0943 e. The predicted molar refractivity (Wildman–Crippen MR) is 76.1 cm³/mol. The number of aryl methyl sites for hydroxylation is 2. The van der Waals surface area contributed by atoms with E-state index in [1.165, 1.54) is 29.8 Å². The number of aromatic nitrogens is 1. The molecule has 1 unspecified atom stereocenters. The normalized spacial score (nSPS) is 15.6. The second-order valence-corrected chi connectivity index (χ2v) is 5.83. The van der Waals surface area contributed by atoms with Gasteiger partial charge in [-0.25, -0.2) is 4.98 Å². The molecule has 3 rings (SSSR count). The molecule has 0 bridgehead atoms. The number of hydrogen-bond donors (Lipinski definition) is 1. The highest BCUT2D eigenvalue weighted by Crippen LogP contribution is 2.27. The minimum absolute atomic E-state index is 0.377. The molecule has 18 heavy (non-hydrogen) atoms. The number of hydrogen-bond acceptors (Lipinski definition) is 3. The highest BCUT2D eigenvalue weighted by atomic mass is 32.1. The first-order valence-corrected chi connectivity index (χ1v) is 7.42. The molecule has 0 saturated heterocycles. The average Bonchev–Trinajstić information content (AvgIpc) is 3.06. The van der Waals surface area contributed by atoms with Crippen molar-refractivity contribution in [2.75, 3.05) is 7.05 Å². The Morgan fingerprint density at radius 1 is 1.33 bits per heavy atom. The van der Waals surface area contributed by atoms with Crippen LogP contribution < -0.4 is 5.32 Å². The maximum Gasteiger partial charge on any atom is 0.0943 e. The molecular weight excluding hydrogens is 240 g/mol. The molecule has 2 nitrogen and oxygen atoms in total. The monoisotopic (exact) mass is 258 g/mol. The molecule has 2 aromatic rings. The van der Waals surface area contributed by atoms with Gasteiger partial charge in [0.15, 0.2) is 0 Å². The van der Waals surface area contributed by atoms with Crippen molar-refractivity contribution in [2.45, 2.75) is 31.7 Å². The van der Waals surface area contributed by atoms with Crippen molar-refractivity contribution in [3.63, 3.8) is 0 Å². The van der Waals surface area contributed by atoms with Crippen LogP contribution in [0.15, 0.2) is 29.8 Å².